The van der Waals surface area contributed by atoms with Gasteiger partial charge in [-0.25, -0.2) is 0 Å². The third-order valence-corrected chi connectivity index (χ3v) is 5.14. The maximum absolute atomic E-state index is 4.15. The number of nitrogens with zero attached hydrogens (tertiary/aromatic N) is 4. The number of tetrazole rings is 1. The summed E-state index contributed by atoms with van der Waals surface area (Å²) in [5, 5.41) is 16.5. The Balaban J connectivity index is 1.63. The third-order valence-electron chi connectivity index (χ3n) is 4.04. The molecule has 1 aromatic heterocycles. The number of hydrogen-bond donors (Lipinski definition) is 1. The molecule has 2 aromatic rings. The largest absolute Gasteiger partial charge is 0.307 e. The quantitative estimate of drug-likeness (QED) is 0.919. The van der Waals surface area contributed by atoms with Gasteiger partial charge in [0.05, 0.1) is 12.2 Å². The summed E-state index contributed by atoms with van der Waals surface area (Å²) < 4.78 is 1.81. The minimum atomic E-state index is 0.581. The van der Waals surface area contributed by atoms with Crippen LogP contribution in [0.25, 0.3) is 5.69 Å². The number of hydrogen-bond acceptors (Lipinski definition) is 5. The number of thioether (sulfide) groups is 1. The van der Waals surface area contributed by atoms with Gasteiger partial charge in [0.2, 0.25) is 0 Å². The molecule has 112 valence electrons. The van der Waals surface area contributed by atoms with Crippen LogP contribution in [0.1, 0.15) is 31.5 Å². The maximum atomic E-state index is 4.15. The van der Waals surface area contributed by atoms with E-state index in [1.807, 2.05) is 46.8 Å². The molecule has 1 heterocycles. The number of para-hydroxylation sites is 1. The van der Waals surface area contributed by atoms with Crippen LogP contribution in [0.15, 0.2) is 30.3 Å². The van der Waals surface area contributed by atoms with Gasteiger partial charge in [-0.2, -0.15) is 16.4 Å². The van der Waals surface area contributed by atoms with Crippen molar-refractivity contribution in [2.45, 2.75) is 43.5 Å². The van der Waals surface area contributed by atoms with Crippen molar-refractivity contribution in [2.75, 3.05) is 6.26 Å². The van der Waals surface area contributed by atoms with Crippen molar-refractivity contribution in [3.63, 3.8) is 0 Å². The first-order chi connectivity index (χ1) is 10.4. The zero-order chi connectivity index (χ0) is 14.5. The molecular formula is C15H21N5S. The van der Waals surface area contributed by atoms with Crippen LogP contribution in [0.5, 0.6) is 0 Å². The lowest BCUT2D eigenvalue weighted by molar-refractivity contribution is 0.375. The van der Waals surface area contributed by atoms with Gasteiger partial charge in [0.25, 0.3) is 0 Å². The Labute approximate surface area is 129 Å². The van der Waals surface area contributed by atoms with Crippen molar-refractivity contribution < 1.29 is 0 Å². The lowest BCUT2D eigenvalue weighted by Gasteiger charge is -2.28. The van der Waals surface area contributed by atoms with Crippen molar-refractivity contribution in [1.82, 2.24) is 25.5 Å². The van der Waals surface area contributed by atoms with Gasteiger partial charge in [-0.1, -0.05) is 24.6 Å². The predicted octanol–water partition coefficient (Wildman–Crippen LogP) is 2.43. The van der Waals surface area contributed by atoms with Gasteiger partial charge in [-0.15, -0.1) is 5.10 Å². The second-order valence-corrected chi connectivity index (χ2v) is 6.58. The Hall–Kier alpha value is -1.40. The van der Waals surface area contributed by atoms with Crippen LogP contribution < -0.4 is 5.32 Å². The highest BCUT2D eigenvalue weighted by atomic mass is 32.2. The maximum Gasteiger partial charge on any atom is 0.170 e. The second-order valence-electron chi connectivity index (χ2n) is 5.44. The summed E-state index contributed by atoms with van der Waals surface area (Å²) >= 11 is 1.99. The normalized spacial score (nSPS) is 22.3. The Bertz CT molecular complexity index is 556. The van der Waals surface area contributed by atoms with Gasteiger partial charge in [0.15, 0.2) is 5.82 Å². The first-order valence-corrected chi connectivity index (χ1v) is 8.74. The molecular weight excluding hydrogens is 282 g/mol. The van der Waals surface area contributed by atoms with Crippen LogP contribution in [-0.2, 0) is 6.54 Å². The SMILES string of the molecule is CSC1CCCC(NCc2nnnn2-c2ccccc2)C1. The average molecular weight is 303 g/mol. The smallest absolute Gasteiger partial charge is 0.170 e. The molecule has 1 N–H and O–H groups in total. The second kappa shape index (κ2) is 7.04. The van der Waals surface area contributed by atoms with E-state index in [4.69, 9.17) is 0 Å². The fourth-order valence-electron chi connectivity index (χ4n) is 2.87. The number of nitrogens with one attached hydrogen (secondary N) is 1. The van der Waals surface area contributed by atoms with Crippen molar-refractivity contribution >= 4 is 11.8 Å². The summed E-state index contributed by atoms with van der Waals surface area (Å²) in [5.74, 6) is 0.868. The van der Waals surface area contributed by atoms with Crippen molar-refractivity contribution in [2.24, 2.45) is 0 Å². The fourth-order valence-corrected chi connectivity index (χ4v) is 3.69. The van der Waals surface area contributed by atoms with E-state index in [2.05, 4.69) is 27.1 Å². The first kappa shape index (κ1) is 14.5. The Morgan fingerprint density at radius 3 is 2.95 bits per heavy atom. The van der Waals surface area contributed by atoms with E-state index in [0.29, 0.717) is 12.6 Å². The minimum Gasteiger partial charge on any atom is -0.307 e. The van der Waals surface area contributed by atoms with Gasteiger partial charge in [-0.3, -0.25) is 0 Å². The van der Waals surface area contributed by atoms with E-state index < -0.39 is 0 Å². The van der Waals surface area contributed by atoms with Crippen molar-refractivity contribution in [1.29, 1.82) is 0 Å². The Morgan fingerprint density at radius 2 is 2.14 bits per heavy atom. The standard InChI is InChI=1S/C15H21N5S/c1-21-14-9-5-6-12(10-14)16-11-15-17-18-19-20(15)13-7-3-2-4-8-13/h2-4,7-8,12,14,16H,5-6,9-11H2,1H3. The molecule has 0 bridgehead atoms. The lowest BCUT2D eigenvalue weighted by atomic mass is 9.95. The summed E-state index contributed by atoms with van der Waals surface area (Å²) in [6, 6.07) is 10.6. The van der Waals surface area contributed by atoms with Crippen LogP contribution in [0, 0.1) is 0 Å². The molecule has 0 spiro atoms. The predicted molar refractivity (Wildman–Crippen MR) is 85.6 cm³/mol. The van der Waals surface area contributed by atoms with Gasteiger partial charge >= 0.3 is 0 Å². The highest BCUT2D eigenvalue weighted by Gasteiger charge is 2.21. The van der Waals surface area contributed by atoms with Gasteiger partial charge < -0.3 is 5.32 Å². The van der Waals surface area contributed by atoms with E-state index in [-0.39, 0.29) is 0 Å². The monoisotopic (exact) mass is 303 g/mol. The molecule has 1 fully saturated rings. The number of aromatic nitrogens is 4. The van der Waals surface area contributed by atoms with Crippen LogP contribution in [0.3, 0.4) is 0 Å². The zero-order valence-electron chi connectivity index (χ0n) is 12.3. The zero-order valence-corrected chi connectivity index (χ0v) is 13.1. The Kier molecular flexibility index (Phi) is 4.87. The van der Waals surface area contributed by atoms with Crippen LogP contribution in [-0.4, -0.2) is 37.8 Å². The van der Waals surface area contributed by atoms with E-state index >= 15 is 0 Å². The Morgan fingerprint density at radius 1 is 1.29 bits per heavy atom. The molecule has 0 aliphatic heterocycles. The number of benzene rings is 1. The summed E-state index contributed by atoms with van der Waals surface area (Å²) in [6.07, 6.45) is 7.37. The molecule has 0 radical (unpaired) electrons. The average Bonchev–Trinajstić information content (AvgIpc) is 3.02. The summed E-state index contributed by atoms with van der Waals surface area (Å²) in [6.45, 7) is 0.716. The van der Waals surface area contributed by atoms with Crippen LogP contribution >= 0.6 is 11.8 Å². The number of rotatable bonds is 5. The van der Waals surface area contributed by atoms with E-state index in [0.717, 1.165) is 16.8 Å². The molecule has 0 saturated heterocycles. The third kappa shape index (κ3) is 3.63. The molecule has 6 heteroatoms. The molecule has 1 saturated carbocycles. The van der Waals surface area contributed by atoms with E-state index in [1.54, 1.807) is 0 Å². The van der Waals surface area contributed by atoms with Crippen molar-refractivity contribution in [3.05, 3.63) is 36.2 Å². The van der Waals surface area contributed by atoms with Crippen molar-refractivity contribution in [3.8, 4) is 5.69 Å². The molecule has 2 unspecified atom stereocenters. The highest BCUT2D eigenvalue weighted by molar-refractivity contribution is 7.99. The van der Waals surface area contributed by atoms with E-state index in [1.165, 1.54) is 25.7 Å². The van der Waals surface area contributed by atoms with Gasteiger partial charge in [0, 0.05) is 11.3 Å². The highest BCUT2D eigenvalue weighted by Crippen LogP contribution is 2.27. The molecule has 2 atom stereocenters. The van der Waals surface area contributed by atoms with Gasteiger partial charge in [0.1, 0.15) is 0 Å². The molecule has 3 rings (SSSR count). The lowest BCUT2D eigenvalue weighted by Crippen LogP contribution is -2.35. The van der Waals surface area contributed by atoms with Crippen LogP contribution in [0.4, 0.5) is 0 Å². The molecule has 1 aliphatic carbocycles. The van der Waals surface area contributed by atoms with Crippen LogP contribution in [0.2, 0.25) is 0 Å². The molecule has 21 heavy (non-hydrogen) atoms. The minimum absolute atomic E-state index is 0.581. The summed E-state index contributed by atoms with van der Waals surface area (Å²) in [4.78, 5) is 0. The fraction of sp³-hybridized carbons (Fsp3) is 0.533. The molecule has 1 aromatic carbocycles. The molecule has 1 aliphatic rings. The van der Waals surface area contributed by atoms with E-state index in [9.17, 15) is 0 Å². The summed E-state index contributed by atoms with van der Waals surface area (Å²) in [5.41, 5.74) is 1.00. The topological polar surface area (TPSA) is 55.6 Å². The molecule has 5 nitrogen and oxygen atoms in total. The summed E-state index contributed by atoms with van der Waals surface area (Å²) in [7, 11) is 0. The molecule has 0 amide bonds. The van der Waals surface area contributed by atoms with Gasteiger partial charge in [-0.05, 0) is 48.1 Å². The first-order valence-electron chi connectivity index (χ1n) is 7.45.